The molecule has 1 saturated heterocycles. The summed E-state index contributed by atoms with van der Waals surface area (Å²) in [6.45, 7) is 3.64. The second-order valence-corrected chi connectivity index (χ2v) is 5.55. The number of hydrogen-bond donors (Lipinski definition) is 2. The van der Waals surface area contributed by atoms with Gasteiger partial charge in [0.1, 0.15) is 5.82 Å². The molecule has 1 fully saturated rings. The molecule has 1 heterocycles. The standard InChI is InChI=1S/C16H20FNO3/c1-11-4-5-18(15(11)10-19)9-13-6-12(2-3-16(20)21)7-14(17)8-13/h2-3,6-8,11,15,19H,4-5,9-10H2,1H3,(H,20,21)/b3-2+. The molecule has 0 aromatic heterocycles. The molecule has 114 valence electrons. The molecule has 5 heteroatoms. The van der Waals surface area contributed by atoms with Crippen molar-refractivity contribution in [3.63, 3.8) is 0 Å². The van der Waals surface area contributed by atoms with Crippen LogP contribution in [0, 0.1) is 11.7 Å². The van der Waals surface area contributed by atoms with Crippen LogP contribution in [-0.4, -0.2) is 40.3 Å². The monoisotopic (exact) mass is 293 g/mol. The Balaban J connectivity index is 2.15. The Labute approximate surface area is 123 Å². The molecule has 1 aliphatic rings. The molecule has 0 bridgehead atoms. The van der Waals surface area contributed by atoms with Gasteiger partial charge in [-0.2, -0.15) is 0 Å². The van der Waals surface area contributed by atoms with Gasteiger partial charge < -0.3 is 10.2 Å². The number of carbonyl (C=O) groups is 1. The minimum atomic E-state index is -1.06. The summed E-state index contributed by atoms with van der Waals surface area (Å²) in [7, 11) is 0. The van der Waals surface area contributed by atoms with Gasteiger partial charge in [0, 0.05) is 18.7 Å². The number of nitrogens with zero attached hydrogens (tertiary/aromatic N) is 1. The van der Waals surface area contributed by atoms with Crippen LogP contribution < -0.4 is 0 Å². The summed E-state index contributed by atoms with van der Waals surface area (Å²) in [6, 6.07) is 4.64. The molecule has 1 aromatic carbocycles. The van der Waals surface area contributed by atoms with Crippen LogP contribution in [0.15, 0.2) is 24.3 Å². The summed E-state index contributed by atoms with van der Waals surface area (Å²) < 4.78 is 13.6. The van der Waals surface area contributed by atoms with Crippen molar-refractivity contribution in [3.8, 4) is 0 Å². The van der Waals surface area contributed by atoms with Gasteiger partial charge in [-0.05, 0) is 48.2 Å². The topological polar surface area (TPSA) is 60.8 Å². The molecule has 1 aromatic rings. The van der Waals surface area contributed by atoms with Gasteiger partial charge in [-0.15, -0.1) is 0 Å². The number of aliphatic hydroxyl groups is 1. The maximum Gasteiger partial charge on any atom is 0.328 e. The fraction of sp³-hybridized carbons (Fsp3) is 0.438. The first-order chi connectivity index (χ1) is 9.99. The molecule has 21 heavy (non-hydrogen) atoms. The van der Waals surface area contributed by atoms with E-state index >= 15 is 0 Å². The van der Waals surface area contributed by atoms with E-state index in [4.69, 9.17) is 5.11 Å². The van der Waals surface area contributed by atoms with Gasteiger partial charge in [0.05, 0.1) is 6.61 Å². The summed E-state index contributed by atoms with van der Waals surface area (Å²) in [6.07, 6.45) is 3.39. The first-order valence-electron chi connectivity index (χ1n) is 7.05. The van der Waals surface area contributed by atoms with Crippen LogP contribution in [0.3, 0.4) is 0 Å². The summed E-state index contributed by atoms with van der Waals surface area (Å²) in [5.74, 6) is -1.02. The molecule has 0 saturated carbocycles. The Morgan fingerprint density at radius 1 is 1.48 bits per heavy atom. The first-order valence-corrected chi connectivity index (χ1v) is 7.05. The molecule has 2 unspecified atom stereocenters. The zero-order valence-electron chi connectivity index (χ0n) is 12.0. The molecule has 2 N–H and O–H groups in total. The average molecular weight is 293 g/mol. The lowest BCUT2D eigenvalue weighted by Gasteiger charge is -2.25. The van der Waals surface area contributed by atoms with E-state index in [-0.39, 0.29) is 18.5 Å². The minimum Gasteiger partial charge on any atom is -0.478 e. The highest BCUT2D eigenvalue weighted by molar-refractivity contribution is 5.85. The number of carboxylic acid groups (broad SMARTS) is 1. The number of likely N-dealkylation sites (tertiary alicyclic amines) is 1. The number of halogens is 1. The van der Waals surface area contributed by atoms with Crippen LogP contribution in [0.25, 0.3) is 6.08 Å². The summed E-state index contributed by atoms with van der Waals surface area (Å²) in [5.41, 5.74) is 1.31. The van der Waals surface area contributed by atoms with Crippen molar-refractivity contribution in [1.29, 1.82) is 0 Å². The lowest BCUT2D eigenvalue weighted by Crippen LogP contribution is -2.34. The highest BCUT2D eigenvalue weighted by Gasteiger charge is 2.30. The molecule has 0 aliphatic carbocycles. The quantitative estimate of drug-likeness (QED) is 0.816. The highest BCUT2D eigenvalue weighted by Crippen LogP contribution is 2.25. The van der Waals surface area contributed by atoms with Crippen LogP contribution in [-0.2, 0) is 11.3 Å². The number of rotatable bonds is 5. The minimum absolute atomic E-state index is 0.0995. The third-order valence-corrected chi connectivity index (χ3v) is 3.97. The number of aliphatic hydroxyl groups excluding tert-OH is 1. The number of benzene rings is 1. The van der Waals surface area contributed by atoms with E-state index in [0.717, 1.165) is 24.6 Å². The summed E-state index contributed by atoms with van der Waals surface area (Å²) in [5, 5.41) is 18.1. The molecule has 0 spiro atoms. The van der Waals surface area contributed by atoms with Crippen molar-refractivity contribution in [2.75, 3.05) is 13.2 Å². The largest absolute Gasteiger partial charge is 0.478 e. The highest BCUT2D eigenvalue weighted by atomic mass is 19.1. The Bertz CT molecular complexity index is 544. The van der Waals surface area contributed by atoms with Crippen molar-refractivity contribution in [2.45, 2.75) is 25.9 Å². The van der Waals surface area contributed by atoms with Gasteiger partial charge in [0.25, 0.3) is 0 Å². The van der Waals surface area contributed by atoms with Gasteiger partial charge >= 0.3 is 5.97 Å². The normalized spacial score (nSPS) is 23.0. The van der Waals surface area contributed by atoms with Crippen LogP contribution in [0.2, 0.25) is 0 Å². The zero-order chi connectivity index (χ0) is 15.4. The van der Waals surface area contributed by atoms with Crippen molar-refractivity contribution in [1.82, 2.24) is 4.90 Å². The van der Waals surface area contributed by atoms with Crippen molar-refractivity contribution < 1.29 is 19.4 Å². The van der Waals surface area contributed by atoms with Gasteiger partial charge in [-0.3, -0.25) is 4.90 Å². The molecule has 4 nitrogen and oxygen atoms in total. The number of carboxylic acids is 1. The lowest BCUT2D eigenvalue weighted by atomic mass is 10.0. The molecule has 0 amide bonds. The molecule has 0 radical (unpaired) electrons. The van der Waals surface area contributed by atoms with Crippen LogP contribution in [0.1, 0.15) is 24.5 Å². The van der Waals surface area contributed by atoms with Crippen molar-refractivity contribution >= 4 is 12.0 Å². The Hall–Kier alpha value is -1.72. The maximum absolute atomic E-state index is 13.6. The van der Waals surface area contributed by atoms with Gasteiger partial charge in [-0.25, -0.2) is 9.18 Å². The second kappa shape index (κ2) is 6.83. The first kappa shape index (κ1) is 15.7. The third kappa shape index (κ3) is 4.12. The molecular weight excluding hydrogens is 273 g/mol. The van der Waals surface area contributed by atoms with Gasteiger partial charge in [0.15, 0.2) is 0 Å². The zero-order valence-corrected chi connectivity index (χ0v) is 12.0. The van der Waals surface area contributed by atoms with E-state index in [2.05, 4.69) is 11.8 Å². The predicted octanol–water partition coefficient (Wildman–Crippen LogP) is 2.13. The van der Waals surface area contributed by atoms with Crippen LogP contribution >= 0.6 is 0 Å². The van der Waals surface area contributed by atoms with Gasteiger partial charge in [0.2, 0.25) is 0 Å². The van der Waals surface area contributed by atoms with E-state index < -0.39 is 5.97 Å². The van der Waals surface area contributed by atoms with Crippen LogP contribution in [0.5, 0.6) is 0 Å². The summed E-state index contributed by atoms with van der Waals surface area (Å²) in [4.78, 5) is 12.7. The van der Waals surface area contributed by atoms with Crippen molar-refractivity contribution in [2.24, 2.45) is 5.92 Å². The molecular formula is C16H20FNO3. The number of hydrogen-bond acceptors (Lipinski definition) is 3. The predicted molar refractivity (Wildman–Crippen MR) is 78.1 cm³/mol. The third-order valence-electron chi connectivity index (χ3n) is 3.97. The SMILES string of the molecule is CC1CCN(Cc2cc(F)cc(/C=C/C(=O)O)c2)C1CO. The van der Waals surface area contributed by atoms with E-state index in [9.17, 15) is 14.3 Å². The van der Waals surface area contributed by atoms with Crippen molar-refractivity contribution in [3.05, 3.63) is 41.2 Å². The van der Waals surface area contributed by atoms with Gasteiger partial charge in [-0.1, -0.05) is 13.0 Å². The smallest absolute Gasteiger partial charge is 0.328 e. The van der Waals surface area contributed by atoms with E-state index in [1.165, 1.54) is 18.2 Å². The lowest BCUT2D eigenvalue weighted by molar-refractivity contribution is -0.131. The Morgan fingerprint density at radius 3 is 2.90 bits per heavy atom. The van der Waals surface area contributed by atoms with E-state index in [1.54, 1.807) is 6.07 Å². The fourth-order valence-electron chi connectivity index (χ4n) is 2.84. The molecule has 2 rings (SSSR count). The Kier molecular flexibility index (Phi) is 5.09. The van der Waals surface area contributed by atoms with E-state index in [0.29, 0.717) is 18.0 Å². The number of aliphatic carboxylic acids is 1. The summed E-state index contributed by atoms with van der Waals surface area (Å²) >= 11 is 0. The molecule has 2 atom stereocenters. The van der Waals surface area contributed by atoms with E-state index in [1.807, 2.05) is 0 Å². The maximum atomic E-state index is 13.6. The molecule has 1 aliphatic heterocycles. The average Bonchev–Trinajstić information content (AvgIpc) is 2.76. The van der Waals surface area contributed by atoms with Crippen LogP contribution in [0.4, 0.5) is 4.39 Å². The second-order valence-electron chi connectivity index (χ2n) is 5.55. The Morgan fingerprint density at radius 2 is 2.24 bits per heavy atom. The fourth-order valence-corrected chi connectivity index (χ4v) is 2.84.